The van der Waals surface area contributed by atoms with Crippen LogP contribution >= 0.6 is 11.6 Å². The maximum Gasteiger partial charge on any atom is 0.223 e. The second-order valence-electron chi connectivity index (χ2n) is 8.87. The van der Waals surface area contributed by atoms with Crippen LogP contribution in [0.5, 0.6) is 0 Å². The molecule has 0 spiro atoms. The number of hydrogen-bond acceptors (Lipinski definition) is 5. The van der Waals surface area contributed by atoms with Gasteiger partial charge in [-0.3, -0.25) is 14.7 Å². The molecule has 2 aromatic rings. The van der Waals surface area contributed by atoms with E-state index in [0.29, 0.717) is 0 Å². The number of pyridine rings is 1. The van der Waals surface area contributed by atoms with E-state index >= 15 is 0 Å². The van der Waals surface area contributed by atoms with Gasteiger partial charge < -0.3 is 15.1 Å². The number of carbonyl (C=O) groups excluding carboxylic acids is 1. The number of piperidine rings is 1. The Morgan fingerprint density at radius 2 is 1.75 bits per heavy atom. The number of piperazine rings is 1. The number of carbonyl (C=O) groups is 1. The molecule has 1 aromatic carbocycles. The Labute approximate surface area is 196 Å². The van der Waals surface area contributed by atoms with Gasteiger partial charge >= 0.3 is 0 Å². The van der Waals surface area contributed by atoms with Crippen LogP contribution in [0.25, 0.3) is 0 Å². The predicted octanol–water partition coefficient (Wildman–Crippen LogP) is 3.59. The molecule has 1 aromatic heterocycles. The van der Waals surface area contributed by atoms with Gasteiger partial charge in [-0.15, -0.1) is 0 Å². The van der Waals surface area contributed by atoms with E-state index in [1.807, 2.05) is 30.6 Å². The number of aryl methyl sites for hydroxylation is 1. The molecule has 1 amide bonds. The highest BCUT2D eigenvalue weighted by Crippen LogP contribution is 2.25. The number of halogens is 1. The third kappa shape index (κ3) is 5.93. The molecule has 2 aliphatic heterocycles. The molecule has 6 nitrogen and oxygen atoms in total. The van der Waals surface area contributed by atoms with Crippen molar-refractivity contribution in [3.63, 3.8) is 0 Å². The average molecular weight is 456 g/mol. The Balaban J connectivity index is 1.11. The van der Waals surface area contributed by atoms with Gasteiger partial charge in [-0.05, 0) is 62.6 Å². The lowest BCUT2D eigenvalue weighted by molar-refractivity contribution is -0.125. The van der Waals surface area contributed by atoms with Gasteiger partial charge in [-0.25, -0.2) is 0 Å². The average Bonchev–Trinajstić information content (AvgIpc) is 2.84. The maximum atomic E-state index is 12.6. The fourth-order valence-electron chi connectivity index (χ4n) is 4.75. The summed E-state index contributed by atoms with van der Waals surface area (Å²) in [7, 11) is 0. The van der Waals surface area contributed by atoms with Crippen LogP contribution in [0.3, 0.4) is 0 Å². The van der Waals surface area contributed by atoms with Gasteiger partial charge in [0.2, 0.25) is 5.91 Å². The summed E-state index contributed by atoms with van der Waals surface area (Å²) in [6.45, 7) is 9.93. The summed E-state index contributed by atoms with van der Waals surface area (Å²) in [5, 5.41) is 3.97. The largest absolute Gasteiger partial charge is 0.371 e. The Morgan fingerprint density at radius 3 is 2.47 bits per heavy atom. The molecular formula is C25H34ClN5O. The molecule has 0 saturated carbocycles. The summed E-state index contributed by atoms with van der Waals surface area (Å²) in [5.74, 6) is 0.359. The lowest BCUT2D eigenvalue weighted by Gasteiger charge is -2.37. The van der Waals surface area contributed by atoms with Crippen LogP contribution in [-0.4, -0.2) is 68.1 Å². The molecule has 0 radical (unpaired) electrons. The van der Waals surface area contributed by atoms with Crippen molar-refractivity contribution in [1.29, 1.82) is 0 Å². The maximum absolute atomic E-state index is 12.6. The molecule has 2 fully saturated rings. The molecule has 172 valence electrons. The summed E-state index contributed by atoms with van der Waals surface area (Å²) in [6.07, 6.45) is 6.48. The zero-order valence-corrected chi connectivity index (χ0v) is 19.7. The minimum atomic E-state index is 0.137. The fraction of sp³-hybridized carbons (Fsp3) is 0.520. The van der Waals surface area contributed by atoms with Crippen LogP contribution in [-0.2, 0) is 4.79 Å². The summed E-state index contributed by atoms with van der Waals surface area (Å²) < 4.78 is 0. The summed E-state index contributed by atoms with van der Waals surface area (Å²) >= 11 is 6.19. The molecular weight excluding hydrogens is 422 g/mol. The third-order valence-electron chi connectivity index (χ3n) is 6.73. The first kappa shape index (κ1) is 22.9. The van der Waals surface area contributed by atoms with Gasteiger partial charge in [-0.1, -0.05) is 17.7 Å². The van der Waals surface area contributed by atoms with Gasteiger partial charge in [0.1, 0.15) is 0 Å². The number of benzene rings is 1. The molecule has 4 rings (SSSR count). The van der Waals surface area contributed by atoms with Crippen LogP contribution in [0.2, 0.25) is 5.02 Å². The second-order valence-corrected chi connectivity index (χ2v) is 9.31. The predicted molar refractivity (Wildman–Crippen MR) is 132 cm³/mol. The Kier molecular flexibility index (Phi) is 7.87. The zero-order valence-electron chi connectivity index (χ0n) is 19.0. The van der Waals surface area contributed by atoms with Crippen LogP contribution in [0.1, 0.15) is 24.8 Å². The zero-order chi connectivity index (χ0) is 22.3. The lowest BCUT2D eigenvalue weighted by Crippen LogP contribution is -2.47. The SMILES string of the molecule is Cc1ccc(Cl)cc1N1CCN(CCCNC(=O)C2CCN(c3ccncc3)CC2)CC1. The molecule has 0 atom stereocenters. The highest BCUT2D eigenvalue weighted by molar-refractivity contribution is 6.30. The summed E-state index contributed by atoms with van der Waals surface area (Å²) in [4.78, 5) is 23.9. The molecule has 2 saturated heterocycles. The molecule has 0 unspecified atom stereocenters. The van der Waals surface area contributed by atoms with Crippen molar-refractivity contribution in [1.82, 2.24) is 15.2 Å². The number of anilines is 2. The monoisotopic (exact) mass is 455 g/mol. The van der Waals surface area contributed by atoms with Crippen molar-refractivity contribution in [2.45, 2.75) is 26.2 Å². The van der Waals surface area contributed by atoms with E-state index in [1.54, 1.807) is 0 Å². The van der Waals surface area contributed by atoms with Gasteiger partial charge in [0, 0.05) is 80.5 Å². The molecule has 0 bridgehead atoms. The first-order valence-electron chi connectivity index (χ1n) is 11.8. The van der Waals surface area contributed by atoms with Crippen molar-refractivity contribution in [2.24, 2.45) is 5.92 Å². The number of nitrogens with one attached hydrogen (secondary N) is 1. The lowest BCUT2D eigenvalue weighted by atomic mass is 9.95. The van der Waals surface area contributed by atoms with Crippen LogP contribution in [0.15, 0.2) is 42.7 Å². The molecule has 3 heterocycles. The molecule has 1 N–H and O–H groups in total. The minimum absolute atomic E-state index is 0.137. The molecule has 7 heteroatoms. The topological polar surface area (TPSA) is 51.7 Å². The quantitative estimate of drug-likeness (QED) is 0.646. The standard InChI is InChI=1S/C25H34ClN5O/c1-20-3-4-22(26)19-24(20)31-17-15-29(16-18-31)12-2-9-28-25(32)21-7-13-30(14-8-21)23-5-10-27-11-6-23/h3-6,10-11,19,21H,2,7-9,12-18H2,1H3,(H,28,32). The summed E-state index contributed by atoms with van der Waals surface area (Å²) in [5.41, 5.74) is 3.72. The highest BCUT2D eigenvalue weighted by Gasteiger charge is 2.25. The molecule has 0 aliphatic carbocycles. The van der Waals surface area contributed by atoms with Crippen molar-refractivity contribution in [3.8, 4) is 0 Å². The number of nitrogens with zero attached hydrogens (tertiary/aromatic N) is 4. The second kappa shape index (κ2) is 11.0. The third-order valence-corrected chi connectivity index (χ3v) is 6.96. The highest BCUT2D eigenvalue weighted by atomic mass is 35.5. The van der Waals surface area contributed by atoms with Crippen LogP contribution in [0.4, 0.5) is 11.4 Å². The number of aromatic nitrogens is 1. The van der Waals surface area contributed by atoms with E-state index in [2.05, 4.69) is 44.1 Å². The Morgan fingerprint density at radius 1 is 1.03 bits per heavy atom. The first-order chi connectivity index (χ1) is 15.6. The first-order valence-corrected chi connectivity index (χ1v) is 12.1. The molecule has 32 heavy (non-hydrogen) atoms. The number of amides is 1. The van der Waals surface area contributed by atoms with E-state index in [1.165, 1.54) is 16.9 Å². The minimum Gasteiger partial charge on any atom is -0.371 e. The Bertz CT molecular complexity index is 877. The number of rotatable bonds is 7. The van der Waals surface area contributed by atoms with E-state index in [0.717, 1.165) is 76.6 Å². The van der Waals surface area contributed by atoms with E-state index in [9.17, 15) is 4.79 Å². The van der Waals surface area contributed by atoms with Crippen LogP contribution < -0.4 is 15.1 Å². The van der Waals surface area contributed by atoms with E-state index in [-0.39, 0.29) is 11.8 Å². The van der Waals surface area contributed by atoms with Crippen molar-refractivity contribution in [3.05, 3.63) is 53.3 Å². The van der Waals surface area contributed by atoms with Gasteiger partial charge in [0.05, 0.1) is 0 Å². The van der Waals surface area contributed by atoms with Crippen LogP contribution in [0, 0.1) is 12.8 Å². The normalized spacial score (nSPS) is 18.1. The van der Waals surface area contributed by atoms with Crippen molar-refractivity contribution < 1.29 is 4.79 Å². The smallest absolute Gasteiger partial charge is 0.223 e. The van der Waals surface area contributed by atoms with Gasteiger partial charge in [-0.2, -0.15) is 0 Å². The van der Waals surface area contributed by atoms with E-state index < -0.39 is 0 Å². The van der Waals surface area contributed by atoms with Crippen molar-refractivity contribution >= 4 is 28.9 Å². The van der Waals surface area contributed by atoms with Gasteiger partial charge in [0.25, 0.3) is 0 Å². The fourth-order valence-corrected chi connectivity index (χ4v) is 4.92. The summed E-state index contributed by atoms with van der Waals surface area (Å²) in [6, 6.07) is 10.2. The number of hydrogen-bond donors (Lipinski definition) is 1. The molecule has 2 aliphatic rings. The van der Waals surface area contributed by atoms with Crippen molar-refractivity contribution in [2.75, 3.05) is 62.2 Å². The van der Waals surface area contributed by atoms with E-state index in [4.69, 9.17) is 11.6 Å². The van der Waals surface area contributed by atoms with Gasteiger partial charge in [0.15, 0.2) is 0 Å². The Hall–Kier alpha value is -2.31.